The van der Waals surface area contributed by atoms with Gasteiger partial charge in [0.1, 0.15) is 12.4 Å². The van der Waals surface area contributed by atoms with Gasteiger partial charge in [-0.1, -0.05) is 24.3 Å². The lowest BCUT2D eigenvalue weighted by molar-refractivity contribution is 0.0972. The molecule has 0 aliphatic heterocycles. The second-order valence-corrected chi connectivity index (χ2v) is 7.85. The third kappa shape index (κ3) is 7.63. The standard InChI is InChI=1S/C27H29N3O4S/c1-3-30(23-11-6-5-7-12-23)26(32)21-9-8-10-22(19-21)28-27(35)29-25(31)20-13-15-24(16-14-20)34-18-17-33-4-2/h5-16,19H,3-4,17-18H2,1-2H3,(H2,28,29,31,35). The van der Waals surface area contributed by atoms with E-state index < -0.39 is 0 Å². The summed E-state index contributed by atoms with van der Waals surface area (Å²) in [6, 6.07) is 23.3. The molecular weight excluding hydrogens is 462 g/mol. The van der Waals surface area contributed by atoms with Gasteiger partial charge in [0.05, 0.1) is 6.61 Å². The van der Waals surface area contributed by atoms with Crippen molar-refractivity contribution in [3.63, 3.8) is 0 Å². The maximum Gasteiger partial charge on any atom is 0.258 e. The fraction of sp³-hybridized carbons (Fsp3) is 0.222. The molecule has 0 saturated heterocycles. The summed E-state index contributed by atoms with van der Waals surface area (Å²) in [5.74, 6) is 0.178. The van der Waals surface area contributed by atoms with E-state index in [9.17, 15) is 9.59 Å². The van der Waals surface area contributed by atoms with E-state index in [4.69, 9.17) is 21.7 Å². The highest BCUT2D eigenvalue weighted by molar-refractivity contribution is 7.80. The lowest BCUT2D eigenvalue weighted by atomic mass is 10.1. The molecule has 0 bridgehead atoms. The average Bonchev–Trinajstić information content (AvgIpc) is 2.88. The number of carbonyl (C=O) groups excluding carboxylic acids is 2. The van der Waals surface area contributed by atoms with E-state index in [0.29, 0.717) is 48.9 Å². The van der Waals surface area contributed by atoms with Gasteiger partial charge in [-0.15, -0.1) is 0 Å². The number of thiocarbonyl (C=S) groups is 1. The molecule has 8 heteroatoms. The monoisotopic (exact) mass is 491 g/mol. The molecule has 0 unspecified atom stereocenters. The fourth-order valence-electron chi connectivity index (χ4n) is 3.34. The number of nitrogens with one attached hydrogen (secondary N) is 2. The van der Waals surface area contributed by atoms with Crippen molar-refractivity contribution in [1.29, 1.82) is 0 Å². The van der Waals surface area contributed by atoms with Crippen molar-refractivity contribution < 1.29 is 19.1 Å². The number of hydrogen-bond donors (Lipinski definition) is 2. The maximum atomic E-state index is 13.1. The zero-order valence-corrected chi connectivity index (χ0v) is 20.6. The summed E-state index contributed by atoms with van der Waals surface area (Å²) in [5, 5.41) is 5.77. The third-order valence-corrected chi connectivity index (χ3v) is 5.24. The molecule has 0 aliphatic carbocycles. The summed E-state index contributed by atoms with van der Waals surface area (Å²) in [6.07, 6.45) is 0. The Hall–Kier alpha value is -3.75. The summed E-state index contributed by atoms with van der Waals surface area (Å²) in [6.45, 7) is 5.98. The number of amides is 2. The first-order valence-corrected chi connectivity index (χ1v) is 11.8. The minimum atomic E-state index is -0.350. The van der Waals surface area contributed by atoms with E-state index in [1.807, 2.05) is 44.2 Å². The van der Waals surface area contributed by atoms with Crippen LogP contribution in [-0.2, 0) is 4.74 Å². The van der Waals surface area contributed by atoms with Crippen molar-refractivity contribution in [1.82, 2.24) is 5.32 Å². The average molecular weight is 492 g/mol. The fourth-order valence-corrected chi connectivity index (χ4v) is 3.55. The Kier molecular flexibility index (Phi) is 9.77. The molecule has 3 aromatic rings. The van der Waals surface area contributed by atoms with Gasteiger partial charge in [-0.2, -0.15) is 0 Å². The van der Waals surface area contributed by atoms with Gasteiger partial charge in [-0.3, -0.25) is 14.9 Å². The Balaban J connectivity index is 1.58. The Bertz CT molecular complexity index is 1140. The summed E-state index contributed by atoms with van der Waals surface area (Å²) in [4.78, 5) is 27.3. The number of carbonyl (C=O) groups is 2. The van der Waals surface area contributed by atoms with E-state index in [1.165, 1.54) is 0 Å². The topological polar surface area (TPSA) is 79.9 Å². The molecule has 2 N–H and O–H groups in total. The van der Waals surface area contributed by atoms with Gasteiger partial charge in [0, 0.05) is 35.7 Å². The summed E-state index contributed by atoms with van der Waals surface area (Å²) in [5.41, 5.74) is 2.38. The number of anilines is 2. The molecule has 0 heterocycles. The molecule has 182 valence electrons. The second kappa shape index (κ2) is 13.2. The second-order valence-electron chi connectivity index (χ2n) is 7.44. The van der Waals surface area contributed by atoms with Crippen LogP contribution in [0.2, 0.25) is 0 Å². The Morgan fingerprint density at radius 1 is 0.886 bits per heavy atom. The molecule has 0 spiro atoms. The van der Waals surface area contributed by atoms with Crippen LogP contribution in [-0.4, -0.2) is 43.3 Å². The van der Waals surface area contributed by atoms with Crippen LogP contribution in [0.25, 0.3) is 0 Å². The first-order chi connectivity index (χ1) is 17.0. The van der Waals surface area contributed by atoms with Crippen LogP contribution in [0.3, 0.4) is 0 Å². The van der Waals surface area contributed by atoms with Crippen LogP contribution in [0.1, 0.15) is 34.6 Å². The summed E-state index contributed by atoms with van der Waals surface area (Å²) < 4.78 is 10.8. The van der Waals surface area contributed by atoms with Gasteiger partial charge in [0.2, 0.25) is 0 Å². The first kappa shape index (κ1) is 25.9. The third-order valence-electron chi connectivity index (χ3n) is 5.04. The highest BCUT2D eigenvalue weighted by Crippen LogP contribution is 2.19. The van der Waals surface area contributed by atoms with Crippen molar-refractivity contribution in [2.75, 3.05) is 36.6 Å². The summed E-state index contributed by atoms with van der Waals surface area (Å²) >= 11 is 5.30. The zero-order valence-electron chi connectivity index (χ0n) is 19.8. The zero-order chi connectivity index (χ0) is 25.0. The van der Waals surface area contributed by atoms with Gasteiger partial charge in [0.15, 0.2) is 5.11 Å². The largest absolute Gasteiger partial charge is 0.491 e. The van der Waals surface area contributed by atoms with Gasteiger partial charge in [0.25, 0.3) is 11.8 Å². The minimum Gasteiger partial charge on any atom is -0.491 e. The number of benzene rings is 3. The lowest BCUT2D eigenvalue weighted by Crippen LogP contribution is -2.34. The molecule has 0 aromatic heterocycles. The molecule has 7 nitrogen and oxygen atoms in total. The molecule has 35 heavy (non-hydrogen) atoms. The first-order valence-electron chi connectivity index (χ1n) is 11.4. The van der Waals surface area contributed by atoms with Gasteiger partial charge >= 0.3 is 0 Å². The number of rotatable bonds is 10. The minimum absolute atomic E-state index is 0.124. The number of ether oxygens (including phenoxy) is 2. The van der Waals surface area contributed by atoms with E-state index in [-0.39, 0.29) is 16.9 Å². The molecule has 3 aromatic carbocycles. The number of hydrogen-bond acceptors (Lipinski definition) is 5. The Morgan fingerprint density at radius 2 is 1.63 bits per heavy atom. The number of para-hydroxylation sites is 1. The molecular formula is C27H29N3O4S. The molecule has 3 rings (SSSR count). The SMILES string of the molecule is CCOCCOc1ccc(C(=O)NC(=S)Nc2cccc(C(=O)N(CC)c3ccccc3)c2)cc1. The van der Waals surface area contributed by atoms with E-state index >= 15 is 0 Å². The predicted molar refractivity (Wildman–Crippen MR) is 142 cm³/mol. The van der Waals surface area contributed by atoms with Crippen molar-refractivity contribution >= 4 is 40.5 Å². The quantitative estimate of drug-likeness (QED) is 0.310. The van der Waals surface area contributed by atoms with E-state index in [2.05, 4.69) is 10.6 Å². The van der Waals surface area contributed by atoms with Gasteiger partial charge < -0.3 is 19.7 Å². The van der Waals surface area contributed by atoms with Crippen LogP contribution < -0.4 is 20.3 Å². The molecule has 2 amide bonds. The highest BCUT2D eigenvalue weighted by atomic mass is 32.1. The molecule has 0 fully saturated rings. The molecule has 0 radical (unpaired) electrons. The van der Waals surface area contributed by atoms with Crippen LogP contribution in [0.5, 0.6) is 5.75 Å². The number of nitrogens with zero attached hydrogens (tertiary/aromatic N) is 1. The smallest absolute Gasteiger partial charge is 0.258 e. The van der Waals surface area contributed by atoms with Crippen molar-refractivity contribution in [2.24, 2.45) is 0 Å². The Morgan fingerprint density at radius 3 is 2.31 bits per heavy atom. The lowest BCUT2D eigenvalue weighted by Gasteiger charge is -2.21. The van der Waals surface area contributed by atoms with Gasteiger partial charge in [-0.25, -0.2) is 0 Å². The van der Waals surface area contributed by atoms with Crippen LogP contribution in [0.15, 0.2) is 78.9 Å². The summed E-state index contributed by atoms with van der Waals surface area (Å²) in [7, 11) is 0. The van der Waals surface area contributed by atoms with Crippen molar-refractivity contribution in [3.8, 4) is 5.75 Å². The van der Waals surface area contributed by atoms with Crippen LogP contribution in [0, 0.1) is 0 Å². The van der Waals surface area contributed by atoms with Crippen molar-refractivity contribution in [3.05, 3.63) is 90.0 Å². The normalized spacial score (nSPS) is 10.3. The Labute approximate surface area is 211 Å². The molecule has 0 aliphatic rings. The maximum absolute atomic E-state index is 13.1. The van der Waals surface area contributed by atoms with Crippen molar-refractivity contribution in [2.45, 2.75) is 13.8 Å². The van der Waals surface area contributed by atoms with Crippen LogP contribution in [0.4, 0.5) is 11.4 Å². The van der Waals surface area contributed by atoms with E-state index in [0.717, 1.165) is 5.69 Å². The van der Waals surface area contributed by atoms with Crippen LogP contribution >= 0.6 is 12.2 Å². The van der Waals surface area contributed by atoms with Gasteiger partial charge in [-0.05, 0) is 80.7 Å². The highest BCUT2D eigenvalue weighted by Gasteiger charge is 2.16. The van der Waals surface area contributed by atoms with E-state index in [1.54, 1.807) is 53.4 Å². The predicted octanol–water partition coefficient (Wildman–Crippen LogP) is 4.90. The molecule has 0 saturated carbocycles. The molecule has 0 atom stereocenters.